The summed E-state index contributed by atoms with van der Waals surface area (Å²) >= 11 is 0. The molecule has 3 N–H and O–H groups in total. The topological polar surface area (TPSA) is 190 Å². The fraction of sp³-hybridized carbons (Fsp3) is 0.545. The zero-order valence-corrected chi connectivity index (χ0v) is 36.2. The van der Waals surface area contributed by atoms with E-state index in [1.165, 1.54) is 18.1 Å². The third-order valence-corrected chi connectivity index (χ3v) is 13.4. The van der Waals surface area contributed by atoms with Gasteiger partial charge in [-0.3, -0.25) is 39.0 Å². The second kappa shape index (κ2) is 17.4. The number of alkyl halides is 2. The molecule has 8 rings (SSSR count). The third-order valence-electron chi connectivity index (χ3n) is 13.4. The molecule has 4 aliphatic heterocycles. The van der Waals surface area contributed by atoms with E-state index in [0.29, 0.717) is 35.6 Å². The molecular weight excluding hydrogens is 819 g/mol. The monoisotopic (exact) mass is 872 g/mol. The minimum Gasteiger partial charge on any atom is -0.375 e. The van der Waals surface area contributed by atoms with E-state index in [1.807, 2.05) is 6.07 Å². The van der Waals surface area contributed by atoms with E-state index in [2.05, 4.69) is 42.8 Å². The number of rotatable bonds is 10. The highest BCUT2D eigenvalue weighted by Gasteiger charge is 2.49. The molecule has 4 unspecified atom stereocenters. The van der Waals surface area contributed by atoms with Gasteiger partial charge in [0.2, 0.25) is 23.7 Å². The molecule has 1 aromatic carbocycles. The Morgan fingerprint density at radius 3 is 2.48 bits per heavy atom. The molecule has 1 aromatic heterocycles. The number of amides is 6. The number of allylic oxidation sites excluding steroid dienone is 2. The number of piperidine rings is 2. The predicted molar refractivity (Wildman–Crippen MR) is 228 cm³/mol. The fourth-order valence-electron chi connectivity index (χ4n) is 9.83. The number of halogens is 2. The first-order chi connectivity index (χ1) is 30.1. The zero-order chi connectivity index (χ0) is 44.9. The van der Waals surface area contributed by atoms with E-state index >= 15 is 0 Å². The summed E-state index contributed by atoms with van der Waals surface area (Å²) in [6.45, 7) is 4.02. The van der Waals surface area contributed by atoms with Crippen molar-refractivity contribution in [3.05, 3.63) is 58.9 Å². The quantitative estimate of drug-likeness (QED) is 0.295. The number of carbonyl (C=O) groups excluding carboxylic acids is 6. The Balaban J connectivity index is 0.871. The number of imide groups is 2. The van der Waals surface area contributed by atoms with Crippen LogP contribution < -0.4 is 30.7 Å². The number of nitrogens with one attached hydrogen (secondary N) is 3. The lowest BCUT2D eigenvalue weighted by atomic mass is 9.88. The second-order valence-electron chi connectivity index (χ2n) is 17.6. The van der Waals surface area contributed by atoms with Gasteiger partial charge in [0.05, 0.1) is 29.6 Å². The summed E-state index contributed by atoms with van der Waals surface area (Å²) in [6.07, 6.45) is 10.0. The molecule has 1 saturated carbocycles. The highest BCUT2D eigenvalue weighted by molar-refractivity contribution is 6.25. The van der Waals surface area contributed by atoms with Crippen molar-refractivity contribution in [3.8, 4) is 0 Å². The van der Waals surface area contributed by atoms with Gasteiger partial charge in [0.25, 0.3) is 17.7 Å². The van der Waals surface area contributed by atoms with Crippen molar-refractivity contribution in [1.82, 2.24) is 30.4 Å². The van der Waals surface area contributed by atoms with Crippen molar-refractivity contribution in [2.24, 2.45) is 0 Å². The van der Waals surface area contributed by atoms with Crippen molar-refractivity contribution in [1.29, 1.82) is 0 Å². The van der Waals surface area contributed by atoms with Crippen molar-refractivity contribution in [2.45, 2.75) is 114 Å². The largest absolute Gasteiger partial charge is 0.375 e. The first-order valence-corrected chi connectivity index (χ1v) is 21.7. The van der Waals surface area contributed by atoms with Gasteiger partial charge in [-0.15, -0.1) is 0 Å². The van der Waals surface area contributed by atoms with Gasteiger partial charge < -0.3 is 35.0 Å². The van der Waals surface area contributed by atoms with E-state index in [1.54, 1.807) is 45.2 Å². The highest BCUT2D eigenvalue weighted by Crippen LogP contribution is 2.38. The number of fused-ring (bicyclic) bond motifs is 2. The van der Waals surface area contributed by atoms with E-state index in [4.69, 9.17) is 4.74 Å². The highest BCUT2D eigenvalue weighted by atomic mass is 19.3. The maximum absolute atomic E-state index is 14.8. The molecule has 6 aliphatic rings. The molecule has 17 nitrogen and oxygen atoms in total. The first kappa shape index (κ1) is 43.8. The zero-order valence-electron chi connectivity index (χ0n) is 36.2. The summed E-state index contributed by atoms with van der Waals surface area (Å²) in [5.74, 6) is -6.85. The Morgan fingerprint density at radius 1 is 1.00 bits per heavy atom. The number of anilines is 4. The van der Waals surface area contributed by atoms with Gasteiger partial charge in [0, 0.05) is 75.5 Å². The second-order valence-corrected chi connectivity index (χ2v) is 17.6. The summed E-state index contributed by atoms with van der Waals surface area (Å²) in [5.41, 5.74) is 2.56. The molecule has 5 heterocycles. The molecule has 2 aromatic rings. The Morgan fingerprint density at radius 2 is 1.76 bits per heavy atom. The number of hydrogen-bond donors (Lipinski definition) is 3. The van der Waals surface area contributed by atoms with Crippen molar-refractivity contribution in [3.63, 3.8) is 0 Å². The SMILES string of the molecule is COC1CC(C(=O)NC2CCCC(N(C)C3CCN(c4cccc5c4C(=O)N(C4CCC(=O)NC4=O)C5=O)CC3)C2)=CC=C1Nc1ncc2c(n1)N(C(C)C)CC(F)(F)C(=O)N2C. The maximum Gasteiger partial charge on any atom is 0.342 e. The number of aromatic nitrogens is 2. The van der Waals surface area contributed by atoms with E-state index in [9.17, 15) is 37.5 Å². The van der Waals surface area contributed by atoms with E-state index < -0.39 is 54.1 Å². The molecular formula is C44H54F2N10O7. The van der Waals surface area contributed by atoms with Gasteiger partial charge in [0.1, 0.15) is 17.8 Å². The van der Waals surface area contributed by atoms with Gasteiger partial charge in [-0.1, -0.05) is 12.1 Å². The molecule has 2 aliphatic carbocycles. The number of methoxy groups -OCH3 is 1. The standard InChI is InChI=1S/C44H54F2N10O7/c1-24(2)55-23-44(45,46)42(62)53(4)33-22-47-43(51-37(33)55)49-30-13-12-25(20-34(30)63-5)38(58)48-26-8-6-9-28(21-26)52(3)27-16-18-54(19-17-27)31-11-7-10-29-36(31)41(61)56(40(29)60)32-14-15-35(57)50-39(32)59/h7,10-13,22,24,26-28,32,34H,6,8-9,14-21,23H2,1-5H3,(H,48,58)(H,47,49,51)(H,50,57,59). The Hall–Kier alpha value is -5.82. The van der Waals surface area contributed by atoms with Crippen LogP contribution in [0.3, 0.4) is 0 Å². The molecule has 63 heavy (non-hydrogen) atoms. The molecule has 336 valence electrons. The lowest BCUT2D eigenvalue weighted by Gasteiger charge is -2.43. The van der Waals surface area contributed by atoms with Crippen LogP contribution in [0.4, 0.5) is 31.9 Å². The van der Waals surface area contributed by atoms with Gasteiger partial charge >= 0.3 is 5.92 Å². The Bertz CT molecular complexity index is 2280. The van der Waals surface area contributed by atoms with Crippen molar-refractivity contribution < 1.29 is 42.3 Å². The molecule has 6 amide bonds. The molecule has 0 spiro atoms. The van der Waals surface area contributed by atoms with Gasteiger partial charge in [-0.2, -0.15) is 13.8 Å². The van der Waals surface area contributed by atoms with Crippen LogP contribution in [0.15, 0.2) is 47.8 Å². The minimum absolute atomic E-state index is 0.0266. The summed E-state index contributed by atoms with van der Waals surface area (Å²) < 4.78 is 35.4. The molecule has 4 atom stereocenters. The molecule has 0 bridgehead atoms. The Kier molecular flexibility index (Phi) is 12.1. The van der Waals surface area contributed by atoms with Crippen LogP contribution in [0.25, 0.3) is 0 Å². The summed E-state index contributed by atoms with van der Waals surface area (Å²) in [4.78, 5) is 94.5. The van der Waals surface area contributed by atoms with Crippen molar-refractivity contribution in [2.75, 3.05) is 60.9 Å². The number of benzene rings is 1. The van der Waals surface area contributed by atoms with Crippen LogP contribution in [0.2, 0.25) is 0 Å². The average Bonchev–Trinajstić information content (AvgIpc) is 3.49. The summed E-state index contributed by atoms with van der Waals surface area (Å²) in [6, 6.07) is 4.33. The van der Waals surface area contributed by atoms with Gasteiger partial charge in [0.15, 0.2) is 5.82 Å². The number of nitrogens with zero attached hydrogens (tertiary/aromatic N) is 7. The van der Waals surface area contributed by atoms with Crippen LogP contribution in [0.5, 0.6) is 0 Å². The van der Waals surface area contributed by atoms with Crippen LogP contribution in [0.1, 0.15) is 92.4 Å². The van der Waals surface area contributed by atoms with Crippen LogP contribution >= 0.6 is 0 Å². The fourth-order valence-corrected chi connectivity index (χ4v) is 9.83. The normalized spacial score (nSPS) is 25.4. The first-order valence-electron chi connectivity index (χ1n) is 21.7. The summed E-state index contributed by atoms with van der Waals surface area (Å²) in [7, 11) is 4.96. The van der Waals surface area contributed by atoms with E-state index in [-0.39, 0.29) is 72.4 Å². The van der Waals surface area contributed by atoms with Gasteiger partial charge in [-0.25, -0.2) is 4.98 Å². The lowest BCUT2D eigenvalue weighted by molar-refractivity contribution is -0.140. The third kappa shape index (κ3) is 8.39. The van der Waals surface area contributed by atoms with Crippen LogP contribution in [0, 0.1) is 0 Å². The minimum atomic E-state index is -3.61. The number of ether oxygens (including phenoxy) is 1. The number of carbonyl (C=O) groups is 6. The predicted octanol–water partition coefficient (Wildman–Crippen LogP) is 3.37. The lowest BCUT2D eigenvalue weighted by Crippen LogP contribution is -2.54. The van der Waals surface area contributed by atoms with Crippen LogP contribution in [-0.2, 0) is 23.9 Å². The molecule has 3 fully saturated rings. The Labute approximate surface area is 364 Å². The van der Waals surface area contributed by atoms with E-state index in [0.717, 1.165) is 48.3 Å². The summed E-state index contributed by atoms with van der Waals surface area (Å²) in [5, 5.41) is 8.67. The smallest absolute Gasteiger partial charge is 0.342 e. The molecule has 0 radical (unpaired) electrons. The maximum atomic E-state index is 14.8. The number of hydrogen-bond acceptors (Lipinski definition) is 13. The molecule has 19 heteroatoms. The average molecular weight is 873 g/mol. The van der Waals surface area contributed by atoms with Gasteiger partial charge in [-0.05, 0) is 84.0 Å². The van der Waals surface area contributed by atoms with Crippen LogP contribution in [-0.4, -0.2) is 138 Å². The van der Waals surface area contributed by atoms with Crippen molar-refractivity contribution >= 4 is 58.6 Å². The molecule has 2 saturated heterocycles.